The van der Waals surface area contributed by atoms with Gasteiger partial charge in [0, 0.05) is 18.7 Å². The molecule has 0 radical (unpaired) electrons. The van der Waals surface area contributed by atoms with Gasteiger partial charge in [-0.2, -0.15) is 0 Å². The summed E-state index contributed by atoms with van der Waals surface area (Å²) in [5.41, 5.74) is 0.190. The molecule has 0 saturated carbocycles. The van der Waals surface area contributed by atoms with Gasteiger partial charge in [-0.25, -0.2) is 9.18 Å². The van der Waals surface area contributed by atoms with Gasteiger partial charge in [0.25, 0.3) is 11.8 Å². The van der Waals surface area contributed by atoms with Gasteiger partial charge in [-0.15, -0.1) is 0 Å². The third kappa shape index (κ3) is 3.60. The van der Waals surface area contributed by atoms with E-state index in [-0.39, 0.29) is 24.2 Å². The lowest BCUT2D eigenvalue weighted by Gasteiger charge is -2.37. The third-order valence-corrected chi connectivity index (χ3v) is 5.72. The molecule has 1 spiro atoms. The number of benzene rings is 2. The topological polar surface area (TPSA) is 79.0 Å². The van der Waals surface area contributed by atoms with E-state index in [2.05, 4.69) is 5.32 Å². The van der Waals surface area contributed by atoms with Crippen molar-refractivity contribution in [2.45, 2.75) is 24.9 Å². The first kappa shape index (κ1) is 19.9. The predicted octanol–water partition coefficient (Wildman–Crippen LogP) is 2.56. The van der Waals surface area contributed by atoms with E-state index in [9.17, 15) is 18.8 Å². The number of ether oxygens (including phenoxy) is 1. The number of imide groups is 1. The molecule has 1 N–H and O–H groups in total. The molecule has 2 aromatic rings. The molecule has 2 aromatic carbocycles. The Morgan fingerprint density at radius 1 is 1.13 bits per heavy atom. The van der Waals surface area contributed by atoms with Crippen LogP contribution in [0.2, 0.25) is 0 Å². The summed E-state index contributed by atoms with van der Waals surface area (Å²) in [5, 5.41) is 2.82. The minimum atomic E-state index is -0.998. The first-order valence-electron chi connectivity index (χ1n) is 9.74. The monoisotopic (exact) mass is 411 g/mol. The molecule has 156 valence electrons. The number of hydrogen-bond donors (Lipinski definition) is 1. The number of carbonyl (C=O) groups excluding carboxylic acids is 3. The maximum atomic E-state index is 13.1. The molecule has 2 aliphatic heterocycles. The van der Waals surface area contributed by atoms with Crippen LogP contribution in [0.3, 0.4) is 0 Å². The van der Waals surface area contributed by atoms with Crippen molar-refractivity contribution in [2.75, 3.05) is 20.2 Å². The SMILES string of the molecule is COc1cccc(C(=O)N2CCC3(CC2)NC(=O)N(Cc2ccc(F)cc2)C3=O)c1. The van der Waals surface area contributed by atoms with Crippen LogP contribution in [0.4, 0.5) is 9.18 Å². The molecule has 4 amide bonds. The van der Waals surface area contributed by atoms with Crippen LogP contribution in [-0.2, 0) is 11.3 Å². The van der Waals surface area contributed by atoms with Gasteiger partial charge in [-0.05, 0) is 48.7 Å². The Morgan fingerprint density at radius 3 is 2.50 bits per heavy atom. The quantitative estimate of drug-likeness (QED) is 0.785. The van der Waals surface area contributed by atoms with Crippen molar-refractivity contribution in [3.05, 3.63) is 65.5 Å². The van der Waals surface area contributed by atoms with E-state index < -0.39 is 11.6 Å². The Labute approximate surface area is 173 Å². The van der Waals surface area contributed by atoms with E-state index >= 15 is 0 Å². The van der Waals surface area contributed by atoms with Crippen molar-refractivity contribution in [3.63, 3.8) is 0 Å². The standard InChI is InChI=1S/C22H22FN3O4/c1-30-18-4-2-3-16(13-18)19(27)25-11-9-22(10-12-25)20(28)26(21(29)24-22)14-15-5-7-17(23)8-6-15/h2-8,13H,9-12,14H2,1H3,(H,24,29). The third-order valence-electron chi connectivity index (χ3n) is 5.72. The number of piperidine rings is 1. The summed E-state index contributed by atoms with van der Waals surface area (Å²) in [6.45, 7) is 0.790. The Morgan fingerprint density at radius 2 is 1.83 bits per heavy atom. The normalized spacial score (nSPS) is 17.9. The summed E-state index contributed by atoms with van der Waals surface area (Å²) in [4.78, 5) is 41.2. The second kappa shape index (κ2) is 7.78. The average molecular weight is 411 g/mol. The Hall–Kier alpha value is -3.42. The van der Waals surface area contributed by atoms with Crippen LogP contribution in [-0.4, -0.2) is 53.4 Å². The van der Waals surface area contributed by atoms with E-state index in [0.29, 0.717) is 42.8 Å². The molecule has 0 bridgehead atoms. The Balaban J connectivity index is 1.43. The maximum Gasteiger partial charge on any atom is 0.325 e. The van der Waals surface area contributed by atoms with Gasteiger partial charge in [0.15, 0.2) is 0 Å². The summed E-state index contributed by atoms with van der Waals surface area (Å²) in [5.74, 6) is -0.210. The highest BCUT2D eigenvalue weighted by Gasteiger charge is 2.52. The molecular weight excluding hydrogens is 389 g/mol. The number of urea groups is 1. The summed E-state index contributed by atoms with van der Waals surface area (Å²) >= 11 is 0. The second-order valence-electron chi connectivity index (χ2n) is 7.55. The average Bonchev–Trinajstić information content (AvgIpc) is 2.99. The van der Waals surface area contributed by atoms with Gasteiger partial charge < -0.3 is 15.0 Å². The largest absolute Gasteiger partial charge is 0.497 e. The summed E-state index contributed by atoms with van der Waals surface area (Å²) in [7, 11) is 1.54. The van der Waals surface area contributed by atoms with Gasteiger partial charge in [0.2, 0.25) is 0 Å². The van der Waals surface area contributed by atoms with E-state index in [0.717, 1.165) is 4.90 Å². The fourth-order valence-electron chi connectivity index (χ4n) is 3.96. The maximum absolute atomic E-state index is 13.1. The van der Waals surface area contributed by atoms with Crippen molar-refractivity contribution in [1.82, 2.24) is 15.1 Å². The van der Waals surface area contributed by atoms with Crippen LogP contribution in [0.1, 0.15) is 28.8 Å². The zero-order chi connectivity index (χ0) is 21.3. The Kier molecular flexibility index (Phi) is 5.15. The smallest absolute Gasteiger partial charge is 0.325 e. The van der Waals surface area contributed by atoms with Crippen molar-refractivity contribution >= 4 is 17.8 Å². The molecule has 8 heteroatoms. The van der Waals surface area contributed by atoms with Crippen LogP contribution in [0.25, 0.3) is 0 Å². The number of rotatable bonds is 4. The molecular formula is C22H22FN3O4. The Bertz CT molecular complexity index is 984. The summed E-state index contributed by atoms with van der Waals surface area (Å²) in [6.07, 6.45) is 0.681. The summed E-state index contributed by atoms with van der Waals surface area (Å²) in [6, 6.07) is 12.2. The number of hydrogen-bond acceptors (Lipinski definition) is 4. The summed E-state index contributed by atoms with van der Waals surface area (Å²) < 4.78 is 18.3. The first-order chi connectivity index (χ1) is 14.4. The molecule has 7 nitrogen and oxygen atoms in total. The van der Waals surface area contributed by atoms with Crippen molar-refractivity contribution in [1.29, 1.82) is 0 Å². The second-order valence-corrected chi connectivity index (χ2v) is 7.55. The number of carbonyl (C=O) groups is 3. The lowest BCUT2D eigenvalue weighted by Crippen LogP contribution is -2.55. The molecule has 2 fully saturated rings. The molecule has 0 aliphatic carbocycles. The number of likely N-dealkylation sites (tertiary alicyclic amines) is 1. The van der Waals surface area contributed by atoms with Gasteiger partial charge in [-0.3, -0.25) is 14.5 Å². The minimum Gasteiger partial charge on any atom is -0.497 e. The van der Waals surface area contributed by atoms with Crippen LogP contribution in [0.5, 0.6) is 5.75 Å². The fraction of sp³-hybridized carbons (Fsp3) is 0.318. The first-order valence-corrected chi connectivity index (χ1v) is 9.74. The predicted molar refractivity (Wildman–Crippen MR) is 106 cm³/mol. The molecule has 0 unspecified atom stereocenters. The molecule has 0 atom stereocenters. The van der Waals surface area contributed by atoms with E-state index in [1.807, 2.05) is 0 Å². The van der Waals surface area contributed by atoms with Gasteiger partial charge >= 0.3 is 6.03 Å². The van der Waals surface area contributed by atoms with Crippen molar-refractivity contribution < 1.29 is 23.5 Å². The van der Waals surface area contributed by atoms with Crippen LogP contribution < -0.4 is 10.1 Å². The van der Waals surface area contributed by atoms with Gasteiger partial charge in [-0.1, -0.05) is 18.2 Å². The number of halogens is 1. The molecule has 30 heavy (non-hydrogen) atoms. The van der Waals surface area contributed by atoms with E-state index in [4.69, 9.17) is 4.74 Å². The molecule has 2 aliphatic rings. The molecule has 2 heterocycles. The van der Waals surface area contributed by atoms with Crippen LogP contribution in [0, 0.1) is 5.82 Å². The van der Waals surface area contributed by atoms with Crippen molar-refractivity contribution in [2.24, 2.45) is 0 Å². The number of nitrogens with one attached hydrogen (secondary N) is 1. The highest BCUT2D eigenvalue weighted by atomic mass is 19.1. The van der Waals surface area contributed by atoms with Gasteiger partial charge in [0.05, 0.1) is 13.7 Å². The van der Waals surface area contributed by atoms with Gasteiger partial charge in [0.1, 0.15) is 17.1 Å². The molecule has 0 aromatic heterocycles. The fourth-order valence-corrected chi connectivity index (χ4v) is 3.96. The lowest BCUT2D eigenvalue weighted by molar-refractivity contribution is -0.133. The van der Waals surface area contributed by atoms with E-state index in [1.54, 1.807) is 48.4 Å². The number of nitrogens with zero attached hydrogens (tertiary/aromatic N) is 2. The van der Waals surface area contributed by atoms with Crippen LogP contribution >= 0.6 is 0 Å². The zero-order valence-corrected chi connectivity index (χ0v) is 16.6. The lowest BCUT2D eigenvalue weighted by atomic mass is 9.87. The minimum absolute atomic E-state index is 0.0825. The number of methoxy groups -OCH3 is 1. The highest BCUT2D eigenvalue weighted by Crippen LogP contribution is 2.31. The molecule has 4 rings (SSSR count). The zero-order valence-electron chi connectivity index (χ0n) is 16.6. The van der Waals surface area contributed by atoms with Crippen molar-refractivity contribution in [3.8, 4) is 5.75 Å². The highest BCUT2D eigenvalue weighted by molar-refractivity contribution is 6.07. The number of amides is 4. The molecule has 2 saturated heterocycles. The van der Waals surface area contributed by atoms with E-state index in [1.165, 1.54) is 12.1 Å². The van der Waals surface area contributed by atoms with Crippen LogP contribution in [0.15, 0.2) is 48.5 Å².